The third-order valence-corrected chi connectivity index (χ3v) is 5.61. The monoisotopic (exact) mass is 531 g/mol. The third-order valence-electron chi connectivity index (χ3n) is 4.56. The molecule has 0 aliphatic rings. The van der Waals surface area contributed by atoms with Crippen molar-refractivity contribution in [2.45, 2.75) is 13.0 Å². The fourth-order valence-corrected chi connectivity index (χ4v) is 3.53. The summed E-state index contributed by atoms with van der Waals surface area (Å²) in [4.78, 5) is 22.7. The molecule has 1 N–H and O–H groups in total. The number of halogens is 2. The van der Waals surface area contributed by atoms with E-state index in [0.717, 1.165) is 5.56 Å². The van der Waals surface area contributed by atoms with Crippen LogP contribution in [0.4, 0.5) is 5.69 Å². The Morgan fingerprint density at radius 1 is 1.15 bits per heavy atom. The van der Waals surface area contributed by atoms with E-state index in [1.807, 2.05) is 18.2 Å². The second-order valence-corrected chi connectivity index (χ2v) is 8.02. The Morgan fingerprint density at radius 3 is 2.55 bits per heavy atom. The quantitative estimate of drug-likeness (QED) is 0.229. The van der Waals surface area contributed by atoms with Crippen molar-refractivity contribution in [3.8, 4) is 11.5 Å². The number of rotatable bonds is 9. The molecule has 0 radical (unpaired) electrons. The lowest BCUT2D eigenvalue weighted by atomic mass is 10.1. The van der Waals surface area contributed by atoms with Gasteiger partial charge in [0.2, 0.25) is 5.91 Å². The first-order valence-corrected chi connectivity index (χ1v) is 10.8. The van der Waals surface area contributed by atoms with Crippen molar-refractivity contribution in [3.05, 3.63) is 97.0 Å². The SMILES string of the molecule is COc1cc(/C=N/NC(=O)Cc2ccccc2[N+](=O)[O-])c(Br)cc1OCc1ccccc1Cl. The zero-order valence-corrected chi connectivity index (χ0v) is 19.8. The molecule has 0 bridgehead atoms. The first-order chi connectivity index (χ1) is 15.9. The highest BCUT2D eigenvalue weighted by atomic mass is 79.9. The van der Waals surface area contributed by atoms with E-state index >= 15 is 0 Å². The number of carbonyl (C=O) groups is 1. The summed E-state index contributed by atoms with van der Waals surface area (Å²) in [6, 6.07) is 16.9. The number of ether oxygens (including phenoxy) is 2. The highest BCUT2D eigenvalue weighted by Crippen LogP contribution is 2.34. The Kier molecular flexibility index (Phi) is 8.39. The van der Waals surface area contributed by atoms with Crippen LogP contribution in [-0.4, -0.2) is 24.2 Å². The van der Waals surface area contributed by atoms with Gasteiger partial charge in [-0.2, -0.15) is 5.10 Å². The molecule has 0 spiro atoms. The van der Waals surface area contributed by atoms with Crippen molar-refractivity contribution in [2.75, 3.05) is 7.11 Å². The fourth-order valence-electron chi connectivity index (χ4n) is 2.92. The number of nitrogens with one attached hydrogen (secondary N) is 1. The minimum absolute atomic E-state index is 0.114. The lowest BCUT2D eigenvalue weighted by molar-refractivity contribution is -0.385. The topological polar surface area (TPSA) is 103 Å². The number of methoxy groups -OCH3 is 1. The Hall–Kier alpha value is -3.43. The van der Waals surface area contributed by atoms with Gasteiger partial charge in [0.25, 0.3) is 5.69 Å². The average molecular weight is 533 g/mol. The Labute approximate surface area is 203 Å². The van der Waals surface area contributed by atoms with Crippen molar-refractivity contribution < 1.29 is 19.2 Å². The number of carbonyl (C=O) groups excluding carboxylic acids is 1. The molecule has 1 amide bonds. The van der Waals surface area contributed by atoms with Gasteiger partial charge in [-0.25, -0.2) is 5.43 Å². The van der Waals surface area contributed by atoms with Crippen LogP contribution in [0.5, 0.6) is 11.5 Å². The number of nitro benzene ring substituents is 1. The summed E-state index contributed by atoms with van der Waals surface area (Å²) in [6.07, 6.45) is 1.26. The number of nitro groups is 1. The maximum absolute atomic E-state index is 12.2. The molecule has 0 aliphatic heterocycles. The number of benzene rings is 3. The molecule has 33 heavy (non-hydrogen) atoms. The highest BCUT2D eigenvalue weighted by Gasteiger charge is 2.15. The molecule has 0 aliphatic carbocycles. The van der Waals surface area contributed by atoms with Crippen LogP contribution >= 0.6 is 27.5 Å². The van der Waals surface area contributed by atoms with E-state index in [2.05, 4.69) is 26.5 Å². The van der Waals surface area contributed by atoms with Crippen LogP contribution in [0.3, 0.4) is 0 Å². The minimum atomic E-state index is -0.523. The molecule has 3 rings (SSSR count). The zero-order chi connectivity index (χ0) is 23.8. The minimum Gasteiger partial charge on any atom is -0.493 e. The first kappa shape index (κ1) is 24.2. The van der Waals surface area contributed by atoms with Crippen molar-refractivity contribution in [1.29, 1.82) is 0 Å². The molecular formula is C23H19BrClN3O5. The normalized spacial score (nSPS) is 10.8. The molecule has 0 atom stereocenters. The van der Waals surface area contributed by atoms with Gasteiger partial charge in [-0.05, 0) is 34.1 Å². The number of para-hydroxylation sites is 1. The maximum Gasteiger partial charge on any atom is 0.273 e. The summed E-state index contributed by atoms with van der Waals surface area (Å²) in [5.41, 5.74) is 4.03. The maximum atomic E-state index is 12.2. The number of amides is 1. The first-order valence-electron chi connectivity index (χ1n) is 9.67. The highest BCUT2D eigenvalue weighted by molar-refractivity contribution is 9.10. The summed E-state index contributed by atoms with van der Waals surface area (Å²) >= 11 is 9.63. The summed E-state index contributed by atoms with van der Waals surface area (Å²) in [6.45, 7) is 0.261. The average Bonchev–Trinajstić information content (AvgIpc) is 2.80. The van der Waals surface area contributed by atoms with Gasteiger partial charge in [0.05, 0.1) is 24.7 Å². The molecule has 0 saturated heterocycles. The van der Waals surface area contributed by atoms with Gasteiger partial charge in [-0.1, -0.05) is 48.0 Å². The van der Waals surface area contributed by atoms with Crippen molar-refractivity contribution in [2.24, 2.45) is 5.10 Å². The molecule has 0 aromatic heterocycles. The Balaban J connectivity index is 1.66. The summed E-state index contributed by atoms with van der Waals surface area (Å²) in [7, 11) is 1.51. The predicted octanol–water partition coefficient (Wildman–Crippen LogP) is 5.29. The van der Waals surface area contributed by atoms with Crippen LogP contribution in [0.15, 0.2) is 70.2 Å². The van der Waals surface area contributed by atoms with Gasteiger partial charge in [-0.15, -0.1) is 0 Å². The lowest BCUT2D eigenvalue weighted by Crippen LogP contribution is -2.20. The number of hydrogen-bond donors (Lipinski definition) is 1. The van der Waals surface area contributed by atoms with Crippen LogP contribution in [0, 0.1) is 10.1 Å². The third kappa shape index (κ3) is 6.53. The molecule has 0 saturated carbocycles. The number of hydrazone groups is 1. The van der Waals surface area contributed by atoms with Crippen molar-refractivity contribution >= 4 is 45.3 Å². The van der Waals surface area contributed by atoms with Gasteiger partial charge in [0.15, 0.2) is 11.5 Å². The number of hydrogen-bond acceptors (Lipinski definition) is 6. The summed E-state index contributed by atoms with van der Waals surface area (Å²) in [5, 5.41) is 15.6. The van der Waals surface area contributed by atoms with Crippen LogP contribution < -0.4 is 14.9 Å². The van der Waals surface area contributed by atoms with E-state index in [9.17, 15) is 14.9 Å². The Bertz CT molecular complexity index is 1200. The smallest absolute Gasteiger partial charge is 0.273 e. The van der Waals surface area contributed by atoms with E-state index in [0.29, 0.717) is 32.1 Å². The summed E-state index contributed by atoms with van der Waals surface area (Å²) < 4.78 is 11.9. The molecule has 10 heteroatoms. The Morgan fingerprint density at radius 2 is 1.85 bits per heavy atom. The molecule has 170 valence electrons. The lowest BCUT2D eigenvalue weighted by Gasteiger charge is -2.13. The zero-order valence-electron chi connectivity index (χ0n) is 17.5. The fraction of sp³-hybridized carbons (Fsp3) is 0.130. The van der Waals surface area contributed by atoms with Gasteiger partial charge in [-0.3, -0.25) is 14.9 Å². The van der Waals surface area contributed by atoms with Gasteiger partial charge in [0, 0.05) is 32.3 Å². The second kappa shape index (κ2) is 11.4. The van der Waals surface area contributed by atoms with Crippen LogP contribution in [0.1, 0.15) is 16.7 Å². The predicted molar refractivity (Wildman–Crippen MR) is 129 cm³/mol. The van der Waals surface area contributed by atoms with Crippen LogP contribution in [0.2, 0.25) is 5.02 Å². The van der Waals surface area contributed by atoms with E-state index < -0.39 is 10.8 Å². The van der Waals surface area contributed by atoms with Gasteiger partial charge in [0.1, 0.15) is 6.61 Å². The summed E-state index contributed by atoms with van der Waals surface area (Å²) in [5.74, 6) is 0.489. The molecule has 0 heterocycles. The largest absolute Gasteiger partial charge is 0.493 e. The molecular weight excluding hydrogens is 514 g/mol. The molecule has 3 aromatic carbocycles. The molecule has 0 unspecified atom stereocenters. The van der Waals surface area contributed by atoms with E-state index in [1.54, 1.807) is 30.3 Å². The van der Waals surface area contributed by atoms with Crippen molar-refractivity contribution in [3.63, 3.8) is 0 Å². The van der Waals surface area contributed by atoms with Gasteiger partial charge >= 0.3 is 0 Å². The molecule has 3 aromatic rings. The molecule has 8 nitrogen and oxygen atoms in total. The van der Waals surface area contributed by atoms with Gasteiger partial charge < -0.3 is 9.47 Å². The van der Waals surface area contributed by atoms with E-state index in [4.69, 9.17) is 21.1 Å². The number of nitrogens with zero attached hydrogens (tertiary/aromatic N) is 2. The standard InChI is InChI=1S/C23H19BrClN3O5/c1-32-21-10-17(18(24)12-22(21)33-14-16-7-2-4-8-19(16)25)13-26-27-23(29)11-15-6-3-5-9-20(15)28(30)31/h2-10,12-13H,11,14H2,1H3,(H,27,29)/b26-13+. The van der Waals surface area contributed by atoms with Crippen molar-refractivity contribution in [1.82, 2.24) is 5.43 Å². The van der Waals surface area contributed by atoms with E-state index in [-0.39, 0.29) is 18.7 Å². The van der Waals surface area contributed by atoms with Crippen LogP contribution in [0.25, 0.3) is 0 Å². The molecule has 0 fully saturated rings. The van der Waals surface area contributed by atoms with Crippen LogP contribution in [-0.2, 0) is 17.8 Å². The second-order valence-electron chi connectivity index (χ2n) is 6.76. The van der Waals surface area contributed by atoms with E-state index in [1.165, 1.54) is 25.5 Å².